The van der Waals surface area contributed by atoms with Gasteiger partial charge in [0.1, 0.15) is 0 Å². The molecule has 5 nitrogen and oxygen atoms in total. The Hall–Kier alpha value is -2.53. The quantitative estimate of drug-likeness (QED) is 0.859. The highest BCUT2D eigenvalue weighted by atomic mass is 16.7. The van der Waals surface area contributed by atoms with Crippen molar-refractivity contribution in [3.8, 4) is 11.5 Å². The molecular formula is C20H21NO4. The van der Waals surface area contributed by atoms with Gasteiger partial charge < -0.3 is 19.1 Å². The predicted molar refractivity (Wildman–Crippen MR) is 93.0 cm³/mol. The van der Waals surface area contributed by atoms with E-state index in [1.807, 2.05) is 35.2 Å². The van der Waals surface area contributed by atoms with Crippen molar-refractivity contribution in [2.24, 2.45) is 0 Å². The van der Waals surface area contributed by atoms with Crippen LogP contribution in [0.3, 0.4) is 0 Å². The Morgan fingerprint density at radius 3 is 2.84 bits per heavy atom. The van der Waals surface area contributed by atoms with Gasteiger partial charge in [0.15, 0.2) is 11.5 Å². The van der Waals surface area contributed by atoms with E-state index < -0.39 is 0 Å². The lowest BCUT2D eigenvalue weighted by Gasteiger charge is -2.33. The Bertz CT molecular complexity index is 747. The molecule has 0 unspecified atom stereocenters. The molecule has 0 N–H and O–H groups in total. The first-order chi connectivity index (χ1) is 12.3. The van der Waals surface area contributed by atoms with Crippen LogP contribution in [0.2, 0.25) is 0 Å². The fraction of sp³-hybridized carbons (Fsp3) is 0.350. The summed E-state index contributed by atoms with van der Waals surface area (Å²) in [4.78, 5) is 14.8. The molecule has 2 aromatic carbocycles. The van der Waals surface area contributed by atoms with Crippen LogP contribution in [0.25, 0.3) is 0 Å². The van der Waals surface area contributed by atoms with Crippen LogP contribution in [0, 0.1) is 0 Å². The third-order valence-corrected chi connectivity index (χ3v) is 4.65. The number of aryl methyl sites for hydroxylation is 1. The van der Waals surface area contributed by atoms with E-state index in [-0.39, 0.29) is 18.8 Å². The van der Waals surface area contributed by atoms with Gasteiger partial charge in [0, 0.05) is 13.1 Å². The number of nitrogens with zero attached hydrogens (tertiary/aromatic N) is 1. The maximum Gasteiger partial charge on any atom is 0.257 e. The van der Waals surface area contributed by atoms with Gasteiger partial charge in [-0.05, 0) is 30.5 Å². The molecule has 1 atom stereocenters. The summed E-state index contributed by atoms with van der Waals surface area (Å²) in [6.45, 7) is 1.95. The van der Waals surface area contributed by atoms with Gasteiger partial charge in [-0.15, -0.1) is 0 Å². The average Bonchev–Trinajstić information content (AvgIpc) is 3.16. The number of hydrogen-bond donors (Lipinski definition) is 0. The minimum atomic E-state index is -0.0182. The van der Waals surface area contributed by atoms with Crippen LogP contribution in [0.15, 0.2) is 48.5 Å². The van der Waals surface area contributed by atoms with Crippen molar-refractivity contribution in [1.82, 2.24) is 4.90 Å². The average molecular weight is 339 g/mol. The van der Waals surface area contributed by atoms with Crippen molar-refractivity contribution >= 4 is 5.91 Å². The molecule has 2 aromatic rings. The fourth-order valence-electron chi connectivity index (χ4n) is 3.32. The minimum absolute atomic E-state index is 0.0182. The van der Waals surface area contributed by atoms with Crippen LogP contribution in [0.4, 0.5) is 0 Å². The molecule has 1 fully saturated rings. The monoisotopic (exact) mass is 339 g/mol. The smallest absolute Gasteiger partial charge is 0.257 e. The van der Waals surface area contributed by atoms with Crippen molar-refractivity contribution in [2.45, 2.75) is 18.9 Å². The van der Waals surface area contributed by atoms with Crippen LogP contribution in [-0.2, 0) is 11.2 Å². The highest BCUT2D eigenvalue weighted by Gasteiger charge is 2.29. The first kappa shape index (κ1) is 16.0. The maximum absolute atomic E-state index is 12.9. The Labute approximate surface area is 147 Å². The molecule has 1 saturated heterocycles. The zero-order valence-corrected chi connectivity index (χ0v) is 14.0. The van der Waals surface area contributed by atoms with Crippen molar-refractivity contribution < 1.29 is 19.0 Å². The molecule has 1 amide bonds. The molecule has 0 saturated carbocycles. The molecule has 0 radical (unpaired) electrons. The van der Waals surface area contributed by atoms with E-state index >= 15 is 0 Å². The molecule has 2 aliphatic heterocycles. The Kier molecular flexibility index (Phi) is 4.57. The molecule has 130 valence electrons. The Balaban J connectivity index is 1.41. The normalized spacial score (nSPS) is 19.0. The minimum Gasteiger partial charge on any atom is -0.454 e. The zero-order chi connectivity index (χ0) is 17.1. The molecule has 2 heterocycles. The maximum atomic E-state index is 12.9. The lowest BCUT2D eigenvalue weighted by atomic mass is 10.1. The molecule has 5 heteroatoms. The van der Waals surface area contributed by atoms with Gasteiger partial charge in [0.25, 0.3) is 5.91 Å². The van der Waals surface area contributed by atoms with E-state index in [0.29, 0.717) is 36.8 Å². The van der Waals surface area contributed by atoms with Crippen LogP contribution >= 0.6 is 0 Å². The van der Waals surface area contributed by atoms with E-state index in [1.165, 1.54) is 5.56 Å². The molecular weight excluding hydrogens is 318 g/mol. The second-order valence-corrected chi connectivity index (χ2v) is 6.31. The highest BCUT2D eigenvalue weighted by molar-refractivity contribution is 5.98. The number of rotatable bonds is 4. The van der Waals surface area contributed by atoms with Crippen molar-refractivity contribution in [3.05, 3.63) is 59.7 Å². The number of fused-ring (bicyclic) bond motifs is 1. The number of benzene rings is 2. The molecule has 0 bridgehead atoms. The number of ether oxygens (including phenoxy) is 3. The largest absolute Gasteiger partial charge is 0.454 e. The van der Waals surface area contributed by atoms with Crippen LogP contribution in [0.1, 0.15) is 22.3 Å². The van der Waals surface area contributed by atoms with Crippen LogP contribution < -0.4 is 9.47 Å². The van der Waals surface area contributed by atoms with Crippen LogP contribution in [-0.4, -0.2) is 43.4 Å². The van der Waals surface area contributed by atoms with Crippen molar-refractivity contribution in [1.29, 1.82) is 0 Å². The number of carbonyl (C=O) groups is 1. The number of hydrogen-bond acceptors (Lipinski definition) is 4. The van der Waals surface area contributed by atoms with Crippen molar-refractivity contribution in [3.63, 3.8) is 0 Å². The third kappa shape index (κ3) is 3.46. The summed E-state index contributed by atoms with van der Waals surface area (Å²) >= 11 is 0. The third-order valence-electron chi connectivity index (χ3n) is 4.65. The first-order valence-electron chi connectivity index (χ1n) is 8.64. The summed E-state index contributed by atoms with van der Waals surface area (Å²) in [6.07, 6.45) is 1.91. The SMILES string of the molecule is O=C(c1cccc2c1OCO2)N1CCO[C@@H](CCc2ccccc2)C1. The number of morpholine rings is 1. The molecule has 0 aromatic heterocycles. The van der Waals surface area contributed by atoms with Gasteiger partial charge in [0.05, 0.1) is 18.3 Å². The van der Waals surface area contributed by atoms with E-state index in [2.05, 4.69) is 12.1 Å². The zero-order valence-electron chi connectivity index (χ0n) is 14.0. The topological polar surface area (TPSA) is 48.0 Å². The standard InChI is InChI=1S/C20H21NO4/c22-20(17-7-4-8-18-19(17)25-14-24-18)21-11-12-23-16(13-21)10-9-15-5-2-1-3-6-15/h1-8,16H,9-14H2/t16-/m0/s1. The molecule has 2 aliphatic rings. The molecule has 4 rings (SSSR count). The number of carbonyl (C=O) groups excluding carboxylic acids is 1. The Morgan fingerprint density at radius 2 is 1.96 bits per heavy atom. The fourth-order valence-corrected chi connectivity index (χ4v) is 3.32. The van der Waals surface area contributed by atoms with Gasteiger partial charge in [-0.25, -0.2) is 0 Å². The summed E-state index contributed by atoms with van der Waals surface area (Å²) in [5.41, 5.74) is 1.86. The van der Waals surface area contributed by atoms with Gasteiger partial charge in [-0.1, -0.05) is 36.4 Å². The van der Waals surface area contributed by atoms with Gasteiger partial charge in [-0.3, -0.25) is 4.79 Å². The summed E-state index contributed by atoms with van der Waals surface area (Å²) in [6, 6.07) is 15.8. The van der Waals surface area contributed by atoms with Crippen molar-refractivity contribution in [2.75, 3.05) is 26.5 Å². The van der Waals surface area contributed by atoms with E-state index in [1.54, 1.807) is 6.07 Å². The molecule has 0 spiro atoms. The second kappa shape index (κ2) is 7.15. The lowest BCUT2D eigenvalue weighted by Crippen LogP contribution is -2.45. The first-order valence-corrected chi connectivity index (χ1v) is 8.64. The summed E-state index contributed by atoms with van der Waals surface area (Å²) in [7, 11) is 0. The van der Waals surface area contributed by atoms with E-state index in [9.17, 15) is 4.79 Å². The Morgan fingerprint density at radius 1 is 1.08 bits per heavy atom. The predicted octanol–water partition coefficient (Wildman–Crippen LogP) is 2.89. The number of amides is 1. The van der Waals surface area contributed by atoms with Gasteiger partial charge in [0.2, 0.25) is 6.79 Å². The lowest BCUT2D eigenvalue weighted by molar-refractivity contribution is -0.0246. The summed E-state index contributed by atoms with van der Waals surface area (Å²) < 4.78 is 16.7. The second-order valence-electron chi connectivity index (χ2n) is 6.31. The van der Waals surface area contributed by atoms with E-state index in [4.69, 9.17) is 14.2 Å². The van der Waals surface area contributed by atoms with Gasteiger partial charge in [-0.2, -0.15) is 0 Å². The van der Waals surface area contributed by atoms with E-state index in [0.717, 1.165) is 12.8 Å². The summed E-state index contributed by atoms with van der Waals surface area (Å²) in [5, 5.41) is 0. The van der Waals surface area contributed by atoms with Crippen LogP contribution in [0.5, 0.6) is 11.5 Å². The van der Waals surface area contributed by atoms with Gasteiger partial charge >= 0.3 is 0 Å². The molecule has 25 heavy (non-hydrogen) atoms. The molecule has 0 aliphatic carbocycles. The summed E-state index contributed by atoms with van der Waals surface area (Å²) in [5.74, 6) is 1.18. The number of para-hydroxylation sites is 1. The highest BCUT2D eigenvalue weighted by Crippen LogP contribution is 2.36.